The van der Waals surface area contributed by atoms with Crippen molar-refractivity contribution in [3.63, 3.8) is 0 Å². The minimum absolute atomic E-state index is 0.0367. The Labute approximate surface area is 206 Å². The number of nitrogens with zero attached hydrogens (tertiary/aromatic N) is 3. The van der Waals surface area contributed by atoms with Crippen LogP contribution >= 0.6 is 11.2 Å². The maximum absolute atomic E-state index is 11.9. The molecule has 1 amide bonds. The number of benzene rings is 1. The fourth-order valence-corrected chi connectivity index (χ4v) is 4.69. The van der Waals surface area contributed by atoms with Gasteiger partial charge in [-0.05, 0) is 38.0 Å². The highest BCUT2D eigenvalue weighted by Gasteiger charge is 2.29. The van der Waals surface area contributed by atoms with Gasteiger partial charge in [0.05, 0.1) is 25.4 Å². The molecule has 2 aromatic rings. The second-order valence-electron chi connectivity index (χ2n) is 8.45. The highest BCUT2D eigenvalue weighted by Crippen LogP contribution is 2.45. The Morgan fingerprint density at radius 2 is 1.77 bits per heavy atom. The third-order valence-electron chi connectivity index (χ3n) is 5.81. The summed E-state index contributed by atoms with van der Waals surface area (Å²) in [6.07, 6.45) is 3.12. The number of carbonyl (C=O) groups is 1. The number of piperidine rings is 1. The molecule has 1 aromatic carbocycles. The van der Waals surface area contributed by atoms with E-state index in [9.17, 15) is 13.9 Å². The van der Waals surface area contributed by atoms with Gasteiger partial charge in [0.1, 0.15) is 18.2 Å². The van der Waals surface area contributed by atoms with Crippen LogP contribution in [0.15, 0.2) is 30.6 Å². The third-order valence-corrected chi connectivity index (χ3v) is 6.70. The molecule has 2 fully saturated rings. The first-order valence-electron chi connectivity index (χ1n) is 11.6. The number of carbonyl (C=O) groups excluding carboxylic acids is 1. The molecule has 4 rings (SSSR count). The van der Waals surface area contributed by atoms with Crippen LogP contribution in [0.1, 0.15) is 30.9 Å². The average Bonchev–Trinajstić information content (AvgIpc) is 2.85. The minimum atomic E-state index is -3.34. The topological polar surface area (TPSA) is 133 Å². The number of amides is 1. The molecule has 0 radical (unpaired) electrons. The smallest absolute Gasteiger partial charge is 0.409 e. The van der Waals surface area contributed by atoms with Crippen LogP contribution in [0.2, 0.25) is 0 Å². The second-order valence-corrected chi connectivity index (χ2v) is 9.81. The number of rotatable bonds is 7. The van der Waals surface area contributed by atoms with Gasteiger partial charge in [0.15, 0.2) is 0 Å². The fourth-order valence-electron chi connectivity index (χ4n) is 3.88. The molecule has 2 saturated heterocycles. The van der Waals surface area contributed by atoms with Gasteiger partial charge in [-0.15, -0.1) is 0 Å². The number of likely N-dealkylation sites (tertiary alicyclic amines) is 1. The number of aromatic nitrogens is 2. The second kappa shape index (κ2) is 11.4. The molecule has 192 valence electrons. The first kappa shape index (κ1) is 25.5. The summed E-state index contributed by atoms with van der Waals surface area (Å²) in [6.45, 7) is 5.61. The quantitative estimate of drug-likeness (QED) is 0.554. The van der Waals surface area contributed by atoms with Crippen LogP contribution in [-0.2, 0) is 19.5 Å². The lowest BCUT2D eigenvalue weighted by molar-refractivity contribution is 0.0651. The van der Waals surface area contributed by atoms with E-state index in [0.717, 1.165) is 5.56 Å². The summed E-state index contributed by atoms with van der Waals surface area (Å²) in [6, 6.07) is 7.57. The van der Waals surface area contributed by atoms with Crippen molar-refractivity contribution in [1.82, 2.24) is 14.9 Å². The Kier molecular flexibility index (Phi) is 8.29. The lowest BCUT2D eigenvalue weighted by Gasteiger charge is -2.33. The Balaban J connectivity index is 1.31. The molecule has 2 N–H and O–H groups in total. The first-order chi connectivity index (χ1) is 16.8. The van der Waals surface area contributed by atoms with Crippen LogP contribution in [-0.4, -0.2) is 69.1 Å². The molecule has 11 nitrogen and oxygen atoms in total. The van der Waals surface area contributed by atoms with Gasteiger partial charge in [0.2, 0.25) is 22.9 Å². The SMILES string of the molecule is CCOC(=O)N1CCC(Oc2ncnc(Oc3ccc(CC4COS(O)(O)OC4)cc3)c2C)CC1. The van der Waals surface area contributed by atoms with Crippen LogP contribution < -0.4 is 9.47 Å². The highest BCUT2D eigenvalue weighted by atomic mass is 32.3. The summed E-state index contributed by atoms with van der Waals surface area (Å²) in [5.41, 5.74) is 1.74. The van der Waals surface area contributed by atoms with Crippen molar-refractivity contribution in [3.8, 4) is 17.5 Å². The standard InChI is InChI=1S/C23H31N3O8S/c1-3-30-23(27)26-10-8-20(9-11-26)34-22-16(2)21(24-15-25-22)33-19-6-4-17(5-7-19)12-18-13-31-35(28,29)32-14-18/h4-7,15,18,20,28-29H,3,8-14H2,1-2H3. The normalized spacial score (nSPS) is 19.7. The molecule has 0 saturated carbocycles. The van der Waals surface area contributed by atoms with Crippen molar-refractivity contribution in [3.05, 3.63) is 41.7 Å². The maximum Gasteiger partial charge on any atom is 0.409 e. The Hall–Kier alpha value is -2.64. The molecular formula is C23H31N3O8S. The molecule has 0 spiro atoms. The van der Waals surface area contributed by atoms with Crippen molar-refractivity contribution in [2.75, 3.05) is 32.9 Å². The molecule has 2 aliphatic rings. The van der Waals surface area contributed by atoms with E-state index in [-0.39, 0.29) is 31.3 Å². The van der Waals surface area contributed by atoms with E-state index in [0.29, 0.717) is 62.0 Å². The van der Waals surface area contributed by atoms with Crippen LogP contribution in [0.3, 0.4) is 0 Å². The fraction of sp³-hybridized carbons (Fsp3) is 0.522. The average molecular weight is 510 g/mol. The summed E-state index contributed by atoms with van der Waals surface area (Å²) < 4.78 is 45.8. The Morgan fingerprint density at radius 1 is 1.11 bits per heavy atom. The molecule has 35 heavy (non-hydrogen) atoms. The third kappa shape index (κ3) is 6.95. The van der Waals surface area contributed by atoms with Crippen LogP contribution in [0.5, 0.6) is 17.5 Å². The summed E-state index contributed by atoms with van der Waals surface area (Å²) >= 11 is -3.34. The molecule has 3 heterocycles. The van der Waals surface area contributed by atoms with Gasteiger partial charge in [0.25, 0.3) is 0 Å². The Morgan fingerprint density at radius 3 is 2.43 bits per heavy atom. The van der Waals surface area contributed by atoms with Gasteiger partial charge in [-0.2, -0.15) is 0 Å². The van der Waals surface area contributed by atoms with E-state index in [4.69, 9.17) is 22.6 Å². The van der Waals surface area contributed by atoms with Gasteiger partial charge in [-0.1, -0.05) is 12.1 Å². The van der Waals surface area contributed by atoms with Gasteiger partial charge >= 0.3 is 6.09 Å². The van der Waals surface area contributed by atoms with Gasteiger partial charge < -0.3 is 19.1 Å². The molecule has 1 aromatic heterocycles. The molecule has 0 unspecified atom stereocenters. The molecule has 2 aliphatic heterocycles. The zero-order valence-corrected chi connectivity index (χ0v) is 20.6. The number of hydrogen-bond donors (Lipinski definition) is 2. The zero-order valence-electron chi connectivity index (χ0n) is 19.8. The van der Waals surface area contributed by atoms with Crippen molar-refractivity contribution in [2.45, 2.75) is 39.2 Å². The van der Waals surface area contributed by atoms with Gasteiger partial charge in [0, 0.05) is 31.8 Å². The lowest BCUT2D eigenvalue weighted by atomic mass is 10.0. The predicted octanol–water partition coefficient (Wildman–Crippen LogP) is 4.36. The minimum Gasteiger partial charge on any atom is -0.474 e. The highest BCUT2D eigenvalue weighted by molar-refractivity contribution is 8.16. The maximum atomic E-state index is 11.9. The van der Waals surface area contributed by atoms with E-state index in [2.05, 4.69) is 9.97 Å². The van der Waals surface area contributed by atoms with Crippen LogP contribution in [0.4, 0.5) is 4.79 Å². The molecule has 0 atom stereocenters. The van der Waals surface area contributed by atoms with Crippen LogP contribution in [0.25, 0.3) is 0 Å². The summed E-state index contributed by atoms with van der Waals surface area (Å²) in [5, 5.41) is 0. The van der Waals surface area contributed by atoms with Gasteiger partial charge in [-0.25, -0.2) is 14.8 Å². The Bertz CT molecular complexity index is 989. The van der Waals surface area contributed by atoms with Crippen molar-refractivity contribution < 1.29 is 36.5 Å². The monoisotopic (exact) mass is 509 g/mol. The van der Waals surface area contributed by atoms with E-state index < -0.39 is 11.2 Å². The molecule has 12 heteroatoms. The van der Waals surface area contributed by atoms with Crippen molar-refractivity contribution in [2.24, 2.45) is 5.92 Å². The van der Waals surface area contributed by atoms with E-state index in [1.54, 1.807) is 11.8 Å². The van der Waals surface area contributed by atoms with E-state index >= 15 is 0 Å². The number of ether oxygens (including phenoxy) is 3. The first-order valence-corrected chi connectivity index (χ1v) is 13.0. The summed E-state index contributed by atoms with van der Waals surface area (Å²) in [7, 11) is 0. The largest absolute Gasteiger partial charge is 0.474 e. The predicted molar refractivity (Wildman–Crippen MR) is 127 cm³/mol. The summed E-state index contributed by atoms with van der Waals surface area (Å²) in [5.74, 6) is 1.53. The molecular weight excluding hydrogens is 478 g/mol. The molecule has 0 bridgehead atoms. The summed E-state index contributed by atoms with van der Waals surface area (Å²) in [4.78, 5) is 22.1. The van der Waals surface area contributed by atoms with Crippen LogP contribution in [0, 0.1) is 12.8 Å². The number of hydrogen-bond acceptors (Lipinski definition) is 10. The zero-order chi connectivity index (χ0) is 24.8. The molecule has 0 aliphatic carbocycles. The van der Waals surface area contributed by atoms with Gasteiger partial charge in [-0.3, -0.25) is 17.5 Å². The van der Waals surface area contributed by atoms with E-state index in [1.807, 2.05) is 31.2 Å². The van der Waals surface area contributed by atoms with Crippen molar-refractivity contribution in [1.29, 1.82) is 0 Å². The van der Waals surface area contributed by atoms with E-state index in [1.165, 1.54) is 6.33 Å². The lowest BCUT2D eigenvalue weighted by Crippen LogP contribution is -2.42. The van der Waals surface area contributed by atoms with Crippen molar-refractivity contribution >= 4 is 17.2 Å².